The van der Waals surface area contributed by atoms with Gasteiger partial charge >= 0.3 is 0 Å². The van der Waals surface area contributed by atoms with Gasteiger partial charge in [-0.3, -0.25) is 0 Å². The highest BCUT2D eigenvalue weighted by Crippen LogP contribution is 2.29. The number of rotatable bonds is 5. The van der Waals surface area contributed by atoms with E-state index in [1.807, 2.05) is 49.4 Å². The molecule has 0 radical (unpaired) electrons. The van der Waals surface area contributed by atoms with E-state index < -0.39 is 0 Å². The second-order valence-corrected chi connectivity index (χ2v) is 4.98. The van der Waals surface area contributed by atoms with Gasteiger partial charge in [0.05, 0.1) is 7.11 Å². The Kier molecular flexibility index (Phi) is 4.88. The van der Waals surface area contributed by atoms with E-state index in [4.69, 9.17) is 26.8 Å². The Labute approximate surface area is 124 Å². The van der Waals surface area contributed by atoms with Gasteiger partial charge in [0.25, 0.3) is 0 Å². The minimum atomic E-state index is -0.109. The first-order valence-electron chi connectivity index (χ1n) is 6.41. The molecule has 20 heavy (non-hydrogen) atoms. The molecule has 2 rings (SSSR count). The van der Waals surface area contributed by atoms with Crippen LogP contribution in [0.4, 0.5) is 0 Å². The molecule has 0 aliphatic rings. The van der Waals surface area contributed by atoms with Gasteiger partial charge in [0.1, 0.15) is 18.1 Å². The summed E-state index contributed by atoms with van der Waals surface area (Å²) in [5.41, 5.74) is 7.84. The van der Waals surface area contributed by atoms with Crippen LogP contribution < -0.4 is 15.2 Å². The molecule has 3 nitrogen and oxygen atoms in total. The van der Waals surface area contributed by atoms with Crippen LogP contribution in [0.1, 0.15) is 24.1 Å². The van der Waals surface area contributed by atoms with Crippen molar-refractivity contribution in [3.8, 4) is 11.5 Å². The molecular weight excluding hydrogens is 274 g/mol. The van der Waals surface area contributed by atoms with Gasteiger partial charge in [0, 0.05) is 28.3 Å². The van der Waals surface area contributed by atoms with Gasteiger partial charge in [-0.05, 0) is 19.1 Å². The van der Waals surface area contributed by atoms with Crippen LogP contribution in [0.25, 0.3) is 0 Å². The van der Waals surface area contributed by atoms with Gasteiger partial charge in [-0.2, -0.15) is 0 Å². The summed E-state index contributed by atoms with van der Waals surface area (Å²) in [6, 6.07) is 13.1. The molecule has 0 aliphatic heterocycles. The maximum absolute atomic E-state index is 6.12. The van der Waals surface area contributed by atoms with E-state index in [2.05, 4.69) is 0 Å². The molecule has 2 N–H and O–H groups in total. The minimum absolute atomic E-state index is 0.109. The molecule has 2 aromatic carbocycles. The summed E-state index contributed by atoms with van der Waals surface area (Å²) in [5.74, 6) is 1.46. The molecule has 1 unspecified atom stereocenters. The van der Waals surface area contributed by atoms with E-state index in [1.165, 1.54) is 0 Å². The summed E-state index contributed by atoms with van der Waals surface area (Å²) in [5, 5.41) is 0.692. The first-order valence-corrected chi connectivity index (χ1v) is 6.79. The smallest absolute Gasteiger partial charge is 0.128 e. The third kappa shape index (κ3) is 3.44. The van der Waals surface area contributed by atoms with Crippen LogP contribution in [0.5, 0.6) is 11.5 Å². The summed E-state index contributed by atoms with van der Waals surface area (Å²) in [7, 11) is 1.62. The molecule has 1 atom stereocenters. The van der Waals surface area contributed by atoms with Crippen LogP contribution in [0, 0.1) is 0 Å². The van der Waals surface area contributed by atoms with Gasteiger partial charge in [0.2, 0.25) is 0 Å². The van der Waals surface area contributed by atoms with Crippen molar-refractivity contribution in [3.63, 3.8) is 0 Å². The SMILES string of the molecule is COc1ccc(C(C)N)c(OCc2ccccc2Cl)c1. The summed E-state index contributed by atoms with van der Waals surface area (Å²) in [4.78, 5) is 0. The molecule has 4 heteroatoms. The Morgan fingerprint density at radius 1 is 1.20 bits per heavy atom. The topological polar surface area (TPSA) is 44.5 Å². The summed E-state index contributed by atoms with van der Waals surface area (Å²) < 4.78 is 11.1. The highest BCUT2D eigenvalue weighted by atomic mass is 35.5. The molecular formula is C16H18ClNO2. The highest BCUT2D eigenvalue weighted by Gasteiger charge is 2.10. The Bertz CT molecular complexity index is 584. The first kappa shape index (κ1) is 14.7. The Morgan fingerprint density at radius 2 is 1.95 bits per heavy atom. The number of hydrogen-bond donors (Lipinski definition) is 1. The lowest BCUT2D eigenvalue weighted by Crippen LogP contribution is -2.08. The monoisotopic (exact) mass is 291 g/mol. The van der Waals surface area contributed by atoms with Gasteiger partial charge in [-0.1, -0.05) is 35.9 Å². The molecule has 2 aromatic rings. The molecule has 0 amide bonds. The van der Waals surface area contributed by atoms with E-state index in [0.717, 1.165) is 22.6 Å². The highest BCUT2D eigenvalue weighted by molar-refractivity contribution is 6.31. The van der Waals surface area contributed by atoms with Crippen LogP contribution in [0.2, 0.25) is 5.02 Å². The zero-order valence-corrected chi connectivity index (χ0v) is 12.4. The van der Waals surface area contributed by atoms with Crippen LogP contribution in [0.3, 0.4) is 0 Å². The molecule has 0 heterocycles. The predicted molar refractivity (Wildman–Crippen MR) is 81.4 cm³/mol. The molecule has 0 saturated heterocycles. The number of hydrogen-bond acceptors (Lipinski definition) is 3. The van der Waals surface area contributed by atoms with E-state index >= 15 is 0 Å². The largest absolute Gasteiger partial charge is 0.497 e. The lowest BCUT2D eigenvalue weighted by Gasteiger charge is -2.15. The molecule has 0 spiro atoms. The van der Waals surface area contributed by atoms with E-state index in [1.54, 1.807) is 7.11 Å². The summed E-state index contributed by atoms with van der Waals surface area (Å²) in [6.45, 7) is 2.32. The van der Waals surface area contributed by atoms with E-state index in [0.29, 0.717) is 11.6 Å². The Balaban J connectivity index is 2.21. The lowest BCUT2D eigenvalue weighted by atomic mass is 10.1. The second kappa shape index (κ2) is 6.64. The number of nitrogens with two attached hydrogens (primary N) is 1. The second-order valence-electron chi connectivity index (χ2n) is 4.57. The van der Waals surface area contributed by atoms with Crippen molar-refractivity contribution in [2.75, 3.05) is 7.11 Å². The molecule has 0 bridgehead atoms. The van der Waals surface area contributed by atoms with Crippen molar-refractivity contribution in [2.24, 2.45) is 5.73 Å². The Hall–Kier alpha value is -1.71. The minimum Gasteiger partial charge on any atom is -0.497 e. The first-order chi connectivity index (χ1) is 9.61. The number of halogens is 1. The number of ether oxygens (including phenoxy) is 2. The zero-order valence-electron chi connectivity index (χ0n) is 11.6. The van der Waals surface area contributed by atoms with Crippen LogP contribution in [0.15, 0.2) is 42.5 Å². The molecule has 0 saturated carbocycles. The van der Waals surface area contributed by atoms with Crippen LogP contribution in [-0.4, -0.2) is 7.11 Å². The standard InChI is InChI=1S/C16H18ClNO2/c1-11(18)14-8-7-13(19-2)9-16(14)20-10-12-5-3-4-6-15(12)17/h3-9,11H,10,18H2,1-2H3. The fourth-order valence-corrected chi connectivity index (χ4v) is 2.10. The summed E-state index contributed by atoms with van der Waals surface area (Å²) >= 11 is 6.12. The summed E-state index contributed by atoms with van der Waals surface area (Å²) in [6.07, 6.45) is 0. The van der Waals surface area contributed by atoms with Crippen molar-refractivity contribution >= 4 is 11.6 Å². The lowest BCUT2D eigenvalue weighted by molar-refractivity contribution is 0.299. The van der Waals surface area contributed by atoms with Crippen LogP contribution >= 0.6 is 11.6 Å². The van der Waals surface area contributed by atoms with Gasteiger partial charge < -0.3 is 15.2 Å². The average molecular weight is 292 g/mol. The van der Waals surface area contributed by atoms with Gasteiger partial charge in [-0.15, -0.1) is 0 Å². The molecule has 0 fully saturated rings. The van der Waals surface area contributed by atoms with Gasteiger partial charge in [0.15, 0.2) is 0 Å². The average Bonchev–Trinajstić information content (AvgIpc) is 2.46. The van der Waals surface area contributed by atoms with Crippen molar-refractivity contribution in [1.82, 2.24) is 0 Å². The third-order valence-electron chi connectivity index (χ3n) is 3.05. The fraction of sp³-hybridized carbons (Fsp3) is 0.250. The van der Waals surface area contributed by atoms with Crippen LogP contribution in [-0.2, 0) is 6.61 Å². The quantitative estimate of drug-likeness (QED) is 0.907. The number of methoxy groups -OCH3 is 1. The zero-order chi connectivity index (χ0) is 14.5. The molecule has 106 valence electrons. The maximum atomic E-state index is 6.12. The third-order valence-corrected chi connectivity index (χ3v) is 3.42. The van der Waals surface area contributed by atoms with Gasteiger partial charge in [-0.25, -0.2) is 0 Å². The van der Waals surface area contributed by atoms with Crippen molar-refractivity contribution in [3.05, 3.63) is 58.6 Å². The molecule has 0 aliphatic carbocycles. The predicted octanol–water partition coefficient (Wildman–Crippen LogP) is 3.95. The fourth-order valence-electron chi connectivity index (χ4n) is 1.91. The van der Waals surface area contributed by atoms with E-state index in [-0.39, 0.29) is 6.04 Å². The van der Waals surface area contributed by atoms with Crippen molar-refractivity contribution < 1.29 is 9.47 Å². The normalized spacial score (nSPS) is 12.0. The molecule has 0 aromatic heterocycles. The van der Waals surface area contributed by atoms with E-state index in [9.17, 15) is 0 Å². The van der Waals surface area contributed by atoms with Crippen molar-refractivity contribution in [1.29, 1.82) is 0 Å². The maximum Gasteiger partial charge on any atom is 0.128 e. The van der Waals surface area contributed by atoms with Crippen molar-refractivity contribution in [2.45, 2.75) is 19.6 Å². The number of benzene rings is 2. The Morgan fingerprint density at radius 3 is 2.60 bits per heavy atom.